The van der Waals surface area contributed by atoms with Crippen molar-refractivity contribution in [3.05, 3.63) is 88.0 Å². The molecule has 15 nitrogen and oxygen atoms in total. The highest BCUT2D eigenvalue weighted by Crippen LogP contribution is 2.42. The molecular formula is C39H33F3N8O7. The number of rotatable bonds is 9. The molecule has 18 heteroatoms. The van der Waals surface area contributed by atoms with Gasteiger partial charge in [-0.3, -0.25) is 48.8 Å². The molecule has 2 fully saturated rings. The number of aromatic nitrogens is 3. The summed E-state index contributed by atoms with van der Waals surface area (Å²) >= 11 is 0. The molecule has 2 aromatic carbocycles. The molecule has 4 aliphatic rings. The van der Waals surface area contributed by atoms with Crippen LogP contribution < -0.4 is 15.5 Å². The van der Waals surface area contributed by atoms with Gasteiger partial charge in [-0.15, -0.1) is 0 Å². The first-order chi connectivity index (χ1) is 27.3. The summed E-state index contributed by atoms with van der Waals surface area (Å²) in [6, 6.07) is 9.23. The van der Waals surface area contributed by atoms with Gasteiger partial charge in [0.2, 0.25) is 29.3 Å². The zero-order valence-electron chi connectivity index (χ0n) is 30.1. The highest BCUT2D eigenvalue weighted by Gasteiger charge is 2.46. The average Bonchev–Trinajstić information content (AvgIpc) is 3.45. The Hall–Kier alpha value is -6.59. The van der Waals surface area contributed by atoms with Crippen molar-refractivity contribution in [3.8, 4) is 0 Å². The number of pyridine rings is 1. The first kappa shape index (κ1) is 37.3. The Morgan fingerprint density at radius 1 is 0.825 bits per heavy atom. The van der Waals surface area contributed by atoms with E-state index in [-0.39, 0.29) is 90.6 Å². The van der Waals surface area contributed by atoms with Gasteiger partial charge in [-0.05, 0) is 55.7 Å². The summed E-state index contributed by atoms with van der Waals surface area (Å²) in [5, 5.41) is 5.36. The second-order valence-corrected chi connectivity index (χ2v) is 14.1. The van der Waals surface area contributed by atoms with Gasteiger partial charge in [0.1, 0.15) is 34.2 Å². The Labute approximate surface area is 321 Å². The summed E-state index contributed by atoms with van der Waals surface area (Å²) in [7, 11) is 0. The van der Waals surface area contributed by atoms with Crippen molar-refractivity contribution in [1.29, 1.82) is 0 Å². The molecule has 1 unspecified atom stereocenters. The fourth-order valence-corrected chi connectivity index (χ4v) is 7.80. The molecule has 57 heavy (non-hydrogen) atoms. The molecule has 0 saturated carbocycles. The van der Waals surface area contributed by atoms with Crippen LogP contribution in [0.2, 0.25) is 0 Å². The molecule has 5 heterocycles. The lowest BCUT2D eigenvalue weighted by Crippen LogP contribution is -2.54. The van der Waals surface area contributed by atoms with Gasteiger partial charge in [-0.2, -0.15) is 13.2 Å². The van der Waals surface area contributed by atoms with E-state index in [1.807, 2.05) is 0 Å². The maximum atomic E-state index is 14.7. The average molecular weight is 783 g/mol. The number of amides is 5. The van der Waals surface area contributed by atoms with Crippen LogP contribution in [0.1, 0.15) is 97.0 Å². The lowest BCUT2D eigenvalue weighted by atomic mass is 9.93. The molecule has 2 aromatic heterocycles. The van der Waals surface area contributed by atoms with Crippen molar-refractivity contribution < 1.29 is 46.7 Å². The van der Waals surface area contributed by atoms with Gasteiger partial charge >= 0.3 is 6.18 Å². The first-order valence-electron chi connectivity index (χ1n) is 18.4. The smallest absolute Gasteiger partial charge is 0.384 e. The van der Waals surface area contributed by atoms with Crippen LogP contribution in [0.25, 0.3) is 11.0 Å². The van der Waals surface area contributed by atoms with Crippen LogP contribution in [0.5, 0.6) is 0 Å². The second kappa shape index (κ2) is 14.5. The van der Waals surface area contributed by atoms with Gasteiger partial charge in [-0.25, -0.2) is 9.97 Å². The molecule has 0 spiro atoms. The number of benzene rings is 2. The third-order valence-corrected chi connectivity index (χ3v) is 10.6. The number of unbranched alkanes of at least 4 members (excludes halogenated alkanes) is 2. The standard InChI is InChI=1S/C39H33F3N8O7/c40-39(41,42)29-24(11-10-23-31(29)47-33-32(45-23)34(53)21-7-5-15-44-30(21)35(33)54)48-16-18-49(19-17-48)27(52)9-2-1-3-14-43-22-8-4-6-20-28(22)38(57)50(37(20)56)25-12-13-26(51)46-36(25)55/h4-8,10-11,15,25,43H,1-3,9,12-14,16-19H2,(H,46,51,55). The van der Waals surface area contributed by atoms with E-state index in [2.05, 4.69) is 25.6 Å². The van der Waals surface area contributed by atoms with Gasteiger partial charge < -0.3 is 15.1 Å². The predicted octanol–water partition coefficient (Wildman–Crippen LogP) is 3.54. The van der Waals surface area contributed by atoms with Crippen LogP contribution in [-0.2, 0) is 20.6 Å². The van der Waals surface area contributed by atoms with E-state index < -0.39 is 64.2 Å². The number of hydrogen-bond donors (Lipinski definition) is 2. The van der Waals surface area contributed by atoms with Crippen LogP contribution in [0.15, 0.2) is 48.7 Å². The Morgan fingerprint density at radius 2 is 1.58 bits per heavy atom. The van der Waals surface area contributed by atoms with E-state index >= 15 is 0 Å². The zero-order valence-corrected chi connectivity index (χ0v) is 30.1. The molecule has 292 valence electrons. The molecule has 1 atom stereocenters. The molecule has 0 bridgehead atoms. The minimum atomic E-state index is -4.89. The number of piperazine rings is 1. The number of ketones is 2. The van der Waals surface area contributed by atoms with Crippen molar-refractivity contribution in [2.45, 2.75) is 50.7 Å². The third kappa shape index (κ3) is 6.63. The van der Waals surface area contributed by atoms with Crippen molar-refractivity contribution >= 4 is 63.5 Å². The van der Waals surface area contributed by atoms with E-state index in [0.29, 0.717) is 31.5 Å². The number of imide groups is 2. The molecule has 0 radical (unpaired) electrons. The molecule has 2 N–H and O–H groups in total. The number of piperidine rings is 1. The number of alkyl halides is 3. The maximum Gasteiger partial charge on any atom is 0.420 e. The normalized spacial score (nSPS) is 18.2. The van der Waals surface area contributed by atoms with Crippen LogP contribution in [0, 0.1) is 0 Å². The van der Waals surface area contributed by atoms with Crippen molar-refractivity contribution in [2.75, 3.05) is 42.9 Å². The monoisotopic (exact) mass is 782 g/mol. The first-order valence-corrected chi connectivity index (χ1v) is 18.4. The van der Waals surface area contributed by atoms with Gasteiger partial charge in [0.25, 0.3) is 11.8 Å². The van der Waals surface area contributed by atoms with Crippen molar-refractivity contribution in [3.63, 3.8) is 0 Å². The number of hydrogen-bond acceptors (Lipinski definition) is 12. The Balaban J connectivity index is 0.855. The lowest BCUT2D eigenvalue weighted by molar-refractivity contribution is -0.137. The van der Waals surface area contributed by atoms with Gasteiger partial charge in [0, 0.05) is 57.4 Å². The van der Waals surface area contributed by atoms with Gasteiger partial charge in [-0.1, -0.05) is 12.5 Å². The summed E-state index contributed by atoms with van der Waals surface area (Å²) in [6.45, 7) is 1.02. The van der Waals surface area contributed by atoms with Crippen molar-refractivity contribution in [2.24, 2.45) is 0 Å². The van der Waals surface area contributed by atoms with Gasteiger partial charge in [0.15, 0.2) is 0 Å². The van der Waals surface area contributed by atoms with E-state index in [0.717, 1.165) is 4.90 Å². The zero-order chi connectivity index (χ0) is 40.2. The number of carbonyl (C=O) groups excluding carboxylic acids is 7. The number of nitrogens with zero attached hydrogens (tertiary/aromatic N) is 6. The number of fused-ring (bicyclic) bond motifs is 4. The minimum absolute atomic E-state index is 0.00720. The highest BCUT2D eigenvalue weighted by molar-refractivity contribution is 6.27. The Bertz CT molecular complexity index is 2430. The fourth-order valence-electron chi connectivity index (χ4n) is 7.80. The quantitative estimate of drug-likeness (QED) is 0.164. The van der Waals surface area contributed by atoms with Crippen LogP contribution in [0.3, 0.4) is 0 Å². The van der Waals surface area contributed by atoms with E-state index in [4.69, 9.17) is 0 Å². The van der Waals surface area contributed by atoms with E-state index in [1.165, 1.54) is 41.4 Å². The van der Waals surface area contributed by atoms with Crippen LogP contribution in [-0.4, -0.2) is 105 Å². The molecule has 2 saturated heterocycles. The molecular weight excluding hydrogens is 749 g/mol. The highest BCUT2D eigenvalue weighted by atomic mass is 19.4. The number of carbonyl (C=O) groups is 7. The molecule has 8 rings (SSSR count). The number of anilines is 2. The maximum absolute atomic E-state index is 14.7. The van der Waals surface area contributed by atoms with E-state index in [1.54, 1.807) is 17.0 Å². The molecule has 3 aliphatic heterocycles. The summed E-state index contributed by atoms with van der Waals surface area (Å²) in [4.78, 5) is 106. The fraction of sp³-hybridized carbons (Fsp3) is 0.333. The summed E-state index contributed by atoms with van der Waals surface area (Å²) < 4.78 is 44.2. The Kier molecular flexibility index (Phi) is 9.49. The van der Waals surface area contributed by atoms with Crippen molar-refractivity contribution in [1.82, 2.24) is 30.1 Å². The minimum Gasteiger partial charge on any atom is -0.384 e. The molecule has 5 amide bonds. The summed E-state index contributed by atoms with van der Waals surface area (Å²) in [5.74, 6) is -3.92. The Morgan fingerprint density at radius 3 is 2.33 bits per heavy atom. The lowest BCUT2D eigenvalue weighted by Gasteiger charge is -2.37. The van der Waals surface area contributed by atoms with Crippen LogP contribution in [0.4, 0.5) is 24.5 Å². The molecule has 4 aromatic rings. The number of halogens is 3. The molecule has 1 aliphatic carbocycles. The van der Waals surface area contributed by atoms with Gasteiger partial charge in [0.05, 0.1) is 27.9 Å². The number of nitrogens with one attached hydrogen (secondary N) is 2. The summed E-state index contributed by atoms with van der Waals surface area (Å²) in [6.07, 6.45) is -1.47. The van der Waals surface area contributed by atoms with E-state index in [9.17, 15) is 46.7 Å². The predicted molar refractivity (Wildman–Crippen MR) is 195 cm³/mol. The SMILES string of the molecule is O=C1CCC(N2C(=O)c3cccc(NCCCCCC(=O)N4CCN(c5ccc6nc7c(nc6c5C(F)(F)F)C(=O)c5ncccc5C7=O)CC4)c3C2=O)C(=O)N1. The second-order valence-electron chi connectivity index (χ2n) is 14.1. The summed E-state index contributed by atoms with van der Waals surface area (Å²) in [5.41, 5.74) is -2.23. The topological polar surface area (TPSA) is 192 Å². The third-order valence-electron chi connectivity index (χ3n) is 10.6. The largest absolute Gasteiger partial charge is 0.420 e. The van der Waals surface area contributed by atoms with Crippen LogP contribution >= 0.6 is 0 Å².